The first kappa shape index (κ1) is 16.2. The van der Waals surface area contributed by atoms with E-state index in [-0.39, 0.29) is 0 Å². The van der Waals surface area contributed by atoms with Gasteiger partial charge in [0, 0.05) is 36.6 Å². The summed E-state index contributed by atoms with van der Waals surface area (Å²) in [5, 5.41) is 4.79. The topological polar surface area (TPSA) is 59.5 Å². The summed E-state index contributed by atoms with van der Waals surface area (Å²) in [4.78, 5) is 11.3. The largest absolute Gasteiger partial charge is 0.468 e. The van der Waals surface area contributed by atoms with E-state index in [1.54, 1.807) is 6.26 Å². The molecule has 1 atom stereocenters. The predicted molar refractivity (Wildman–Crippen MR) is 102 cm³/mol. The van der Waals surface area contributed by atoms with Crippen molar-refractivity contribution in [2.24, 2.45) is 0 Å². The number of fused-ring (bicyclic) bond motifs is 1. The Hall–Kier alpha value is -2.99. The summed E-state index contributed by atoms with van der Waals surface area (Å²) in [6.07, 6.45) is 9.68. The predicted octanol–water partition coefficient (Wildman–Crippen LogP) is 3.76. The van der Waals surface area contributed by atoms with E-state index in [4.69, 9.17) is 14.5 Å². The van der Waals surface area contributed by atoms with Crippen LogP contribution in [0.1, 0.15) is 30.3 Å². The molecule has 1 aliphatic rings. The van der Waals surface area contributed by atoms with Gasteiger partial charge in [0.1, 0.15) is 5.76 Å². The number of piperidine rings is 1. The van der Waals surface area contributed by atoms with Crippen molar-refractivity contribution in [3.05, 3.63) is 72.8 Å². The molecular weight excluding hydrogens is 338 g/mol. The molecule has 27 heavy (non-hydrogen) atoms. The van der Waals surface area contributed by atoms with Gasteiger partial charge in [0.05, 0.1) is 12.8 Å². The second-order valence-electron chi connectivity index (χ2n) is 7.08. The van der Waals surface area contributed by atoms with Crippen molar-refractivity contribution in [1.29, 1.82) is 0 Å². The lowest BCUT2D eigenvalue weighted by Gasteiger charge is -2.30. The van der Waals surface area contributed by atoms with E-state index < -0.39 is 0 Å². The van der Waals surface area contributed by atoms with Crippen molar-refractivity contribution in [1.82, 2.24) is 24.5 Å². The lowest BCUT2D eigenvalue weighted by Crippen LogP contribution is -2.34. The van der Waals surface area contributed by atoms with Crippen LogP contribution < -0.4 is 0 Å². The number of furan rings is 1. The van der Waals surface area contributed by atoms with Gasteiger partial charge in [0.25, 0.3) is 0 Å². The molecule has 1 fully saturated rings. The second-order valence-corrected chi connectivity index (χ2v) is 7.08. The number of likely N-dealkylation sites (tertiary alicyclic amines) is 1. The molecule has 1 saturated heterocycles. The van der Waals surface area contributed by atoms with E-state index in [0.717, 1.165) is 60.8 Å². The number of nitrogens with zero attached hydrogens (tertiary/aromatic N) is 5. The normalized spacial score (nSPS) is 18.1. The molecule has 5 rings (SSSR count). The third-order valence-corrected chi connectivity index (χ3v) is 5.19. The Morgan fingerprint density at radius 3 is 2.85 bits per heavy atom. The van der Waals surface area contributed by atoms with E-state index in [1.165, 1.54) is 0 Å². The Bertz CT molecular complexity index is 1030. The lowest BCUT2D eigenvalue weighted by molar-refractivity contribution is 0.183. The summed E-state index contributed by atoms with van der Waals surface area (Å²) in [6.45, 7) is 2.91. The summed E-state index contributed by atoms with van der Waals surface area (Å²) in [5.74, 6) is 2.31. The molecule has 1 aliphatic heterocycles. The highest BCUT2D eigenvalue weighted by atomic mass is 16.3. The minimum atomic E-state index is 0.359. The number of hydrogen-bond donors (Lipinski definition) is 0. The van der Waals surface area contributed by atoms with Crippen LogP contribution in [0.3, 0.4) is 0 Å². The molecule has 0 saturated carbocycles. The maximum atomic E-state index is 5.50. The van der Waals surface area contributed by atoms with E-state index in [9.17, 15) is 0 Å². The molecule has 1 unspecified atom stereocenters. The zero-order chi connectivity index (χ0) is 18.1. The first-order valence-electron chi connectivity index (χ1n) is 9.36. The van der Waals surface area contributed by atoms with Crippen molar-refractivity contribution in [2.75, 3.05) is 13.1 Å². The number of hydrogen-bond acceptors (Lipinski definition) is 5. The van der Waals surface area contributed by atoms with E-state index in [2.05, 4.69) is 16.0 Å². The van der Waals surface area contributed by atoms with Crippen LogP contribution in [-0.4, -0.2) is 37.6 Å². The van der Waals surface area contributed by atoms with Crippen molar-refractivity contribution in [3.63, 3.8) is 0 Å². The minimum absolute atomic E-state index is 0.359. The highest BCUT2D eigenvalue weighted by Crippen LogP contribution is 2.27. The van der Waals surface area contributed by atoms with Crippen molar-refractivity contribution in [3.8, 4) is 11.1 Å². The monoisotopic (exact) mass is 359 g/mol. The third kappa shape index (κ3) is 3.36. The van der Waals surface area contributed by atoms with Crippen LogP contribution in [0.15, 0.2) is 65.7 Å². The SMILES string of the molecule is c1coc(CN2CCCC(c3nc4ccc(-c5ccncc5)cn4n3)C2)c1. The Labute approximate surface area is 157 Å². The van der Waals surface area contributed by atoms with E-state index >= 15 is 0 Å². The fraction of sp³-hybridized carbons (Fsp3) is 0.286. The van der Waals surface area contributed by atoms with E-state index in [1.807, 2.05) is 53.4 Å². The second kappa shape index (κ2) is 6.96. The van der Waals surface area contributed by atoms with Gasteiger partial charge in [-0.15, -0.1) is 0 Å². The van der Waals surface area contributed by atoms with Crippen molar-refractivity contribution < 1.29 is 4.42 Å². The number of aromatic nitrogens is 4. The van der Waals surface area contributed by atoms with Gasteiger partial charge in [-0.3, -0.25) is 9.88 Å². The molecule has 0 aliphatic carbocycles. The molecule has 4 aromatic heterocycles. The number of rotatable bonds is 4. The Balaban J connectivity index is 1.38. The van der Waals surface area contributed by atoms with Gasteiger partial charge < -0.3 is 4.42 Å². The Morgan fingerprint density at radius 1 is 1.07 bits per heavy atom. The Kier molecular flexibility index (Phi) is 4.18. The van der Waals surface area contributed by atoms with Crippen molar-refractivity contribution >= 4 is 5.65 Å². The molecule has 0 aromatic carbocycles. The molecule has 6 nitrogen and oxygen atoms in total. The van der Waals surface area contributed by atoms with Crippen LogP contribution in [0.25, 0.3) is 16.8 Å². The first-order valence-corrected chi connectivity index (χ1v) is 9.36. The molecule has 0 radical (unpaired) electrons. The summed E-state index contributed by atoms with van der Waals surface area (Å²) < 4.78 is 7.40. The average Bonchev–Trinajstić information content (AvgIpc) is 3.38. The smallest absolute Gasteiger partial charge is 0.156 e. The molecule has 0 bridgehead atoms. The van der Waals surface area contributed by atoms with Gasteiger partial charge in [-0.1, -0.05) is 0 Å². The summed E-state index contributed by atoms with van der Waals surface area (Å²) >= 11 is 0. The van der Waals surface area contributed by atoms with Gasteiger partial charge >= 0.3 is 0 Å². The van der Waals surface area contributed by atoms with Crippen LogP contribution in [0, 0.1) is 0 Å². The highest BCUT2D eigenvalue weighted by molar-refractivity contribution is 5.63. The quantitative estimate of drug-likeness (QED) is 0.555. The lowest BCUT2D eigenvalue weighted by atomic mass is 9.97. The van der Waals surface area contributed by atoms with Crippen LogP contribution in [-0.2, 0) is 6.54 Å². The molecular formula is C21H21N5O. The standard InChI is InChI=1S/C21H21N5O/c1-3-18(13-25(11-1)15-19-4-2-12-27-19)21-23-20-6-5-17(14-26(20)24-21)16-7-9-22-10-8-16/h2,4-10,12,14,18H,1,3,11,13,15H2. The molecule has 5 heterocycles. The zero-order valence-corrected chi connectivity index (χ0v) is 15.0. The van der Waals surface area contributed by atoms with Gasteiger partial charge in [0.2, 0.25) is 0 Å². The first-order chi connectivity index (χ1) is 13.3. The summed E-state index contributed by atoms with van der Waals surface area (Å²) in [5.41, 5.74) is 3.14. The fourth-order valence-corrected chi connectivity index (χ4v) is 3.82. The molecule has 0 N–H and O–H groups in total. The Morgan fingerprint density at radius 2 is 2.00 bits per heavy atom. The molecule has 4 aromatic rings. The van der Waals surface area contributed by atoms with Crippen molar-refractivity contribution in [2.45, 2.75) is 25.3 Å². The van der Waals surface area contributed by atoms with Crippen LogP contribution in [0.5, 0.6) is 0 Å². The van der Waals surface area contributed by atoms with E-state index in [0.29, 0.717) is 5.92 Å². The summed E-state index contributed by atoms with van der Waals surface area (Å²) in [6, 6.07) is 12.1. The van der Waals surface area contributed by atoms with Gasteiger partial charge in [0.15, 0.2) is 11.5 Å². The fourth-order valence-electron chi connectivity index (χ4n) is 3.82. The molecule has 6 heteroatoms. The summed E-state index contributed by atoms with van der Waals surface area (Å²) in [7, 11) is 0. The minimum Gasteiger partial charge on any atom is -0.468 e. The maximum Gasteiger partial charge on any atom is 0.156 e. The van der Waals surface area contributed by atoms with Gasteiger partial charge in [-0.2, -0.15) is 5.10 Å². The molecule has 0 spiro atoms. The van der Waals surface area contributed by atoms with Gasteiger partial charge in [-0.05, 0) is 61.3 Å². The van der Waals surface area contributed by atoms with Crippen LogP contribution >= 0.6 is 0 Å². The third-order valence-electron chi connectivity index (χ3n) is 5.19. The van der Waals surface area contributed by atoms with Crippen LogP contribution in [0.2, 0.25) is 0 Å². The zero-order valence-electron chi connectivity index (χ0n) is 15.0. The highest BCUT2D eigenvalue weighted by Gasteiger charge is 2.25. The average molecular weight is 359 g/mol. The number of pyridine rings is 2. The maximum absolute atomic E-state index is 5.50. The van der Waals surface area contributed by atoms with Gasteiger partial charge in [-0.25, -0.2) is 9.50 Å². The van der Waals surface area contributed by atoms with Crippen LogP contribution in [0.4, 0.5) is 0 Å². The molecule has 0 amide bonds. The molecule has 136 valence electrons.